The summed E-state index contributed by atoms with van der Waals surface area (Å²) in [4.78, 5) is 11.9. The van der Waals surface area contributed by atoms with Crippen molar-refractivity contribution >= 4 is 21.8 Å². The number of rotatable bonds is 5. The fourth-order valence-corrected chi connectivity index (χ4v) is 2.69. The van der Waals surface area contributed by atoms with Gasteiger partial charge < -0.3 is 10.6 Å². The van der Waals surface area contributed by atoms with Crippen molar-refractivity contribution in [3.63, 3.8) is 0 Å². The van der Waals surface area contributed by atoms with Crippen LogP contribution in [0.1, 0.15) is 37.7 Å². The highest BCUT2D eigenvalue weighted by molar-refractivity contribution is 9.10. The molecule has 2 atom stereocenters. The molecule has 1 aromatic rings. The summed E-state index contributed by atoms with van der Waals surface area (Å²) in [7, 11) is 0. The van der Waals surface area contributed by atoms with Crippen molar-refractivity contribution in [3.8, 4) is 0 Å². The van der Waals surface area contributed by atoms with E-state index in [4.69, 9.17) is 0 Å². The van der Waals surface area contributed by atoms with Gasteiger partial charge in [-0.05, 0) is 43.0 Å². The van der Waals surface area contributed by atoms with Crippen LogP contribution in [-0.2, 0) is 4.79 Å². The van der Waals surface area contributed by atoms with Crippen LogP contribution in [0.15, 0.2) is 28.7 Å². The topological polar surface area (TPSA) is 41.1 Å². The minimum atomic E-state index is 0.143. The Labute approximate surface area is 123 Å². The average molecular weight is 325 g/mol. The van der Waals surface area contributed by atoms with Crippen LogP contribution >= 0.6 is 15.9 Å². The summed E-state index contributed by atoms with van der Waals surface area (Å²) in [6.45, 7) is 3.93. The van der Waals surface area contributed by atoms with Gasteiger partial charge in [0.05, 0.1) is 0 Å². The number of hydrogen-bond donors (Lipinski definition) is 2. The minimum Gasteiger partial charge on any atom is -0.355 e. The van der Waals surface area contributed by atoms with Crippen LogP contribution in [0.25, 0.3) is 0 Å². The standard InChI is InChI=1S/C15H21BrN2O/c1-11(12-4-6-13(16)7-5-12)9-15(19)18-10-14-3-2-8-17-14/h4-7,11,14,17H,2-3,8-10H2,1H3,(H,18,19). The highest BCUT2D eigenvalue weighted by Crippen LogP contribution is 2.21. The van der Waals surface area contributed by atoms with Gasteiger partial charge in [0.15, 0.2) is 0 Å². The number of hydrogen-bond acceptors (Lipinski definition) is 2. The van der Waals surface area contributed by atoms with E-state index in [0.29, 0.717) is 12.5 Å². The molecule has 1 fully saturated rings. The Morgan fingerprint density at radius 3 is 2.84 bits per heavy atom. The highest BCUT2D eigenvalue weighted by atomic mass is 79.9. The lowest BCUT2D eigenvalue weighted by Crippen LogP contribution is -2.37. The fourth-order valence-electron chi connectivity index (χ4n) is 2.43. The Kier molecular flexibility index (Phi) is 5.40. The molecule has 0 aromatic heterocycles. The van der Waals surface area contributed by atoms with Crippen molar-refractivity contribution in [2.24, 2.45) is 0 Å². The first kappa shape index (κ1) is 14.5. The quantitative estimate of drug-likeness (QED) is 0.874. The van der Waals surface area contributed by atoms with Crippen LogP contribution < -0.4 is 10.6 Å². The zero-order valence-corrected chi connectivity index (χ0v) is 12.9. The molecule has 4 heteroatoms. The molecule has 2 N–H and O–H groups in total. The summed E-state index contributed by atoms with van der Waals surface area (Å²) >= 11 is 3.42. The fraction of sp³-hybridized carbons (Fsp3) is 0.533. The number of halogens is 1. The third-order valence-electron chi connectivity index (χ3n) is 3.64. The molecule has 0 saturated carbocycles. The van der Waals surface area contributed by atoms with Gasteiger partial charge in [-0.15, -0.1) is 0 Å². The molecule has 1 heterocycles. The lowest BCUT2D eigenvalue weighted by molar-refractivity contribution is -0.121. The van der Waals surface area contributed by atoms with Gasteiger partial charge in [0, 0.05) is 23.5 Å². The van der Waals surface area contributed by atoms with Crippen LogP contribution in [0.3, 0.4) is 0 Å². The smallest absolute Gasteiger partial charge is 0.220 e. The molecule has 1 aliphatic heterocycles. The molecule has 2 rings (SSSR count). The van der Waals surface area contributed by atoms with E-state index in [1.54, 1.807) is 0 Å². The first-order valence-electron chi connectivity index (χ1n) is 6.90. The van der Waals surface area contributed by atoms with Gasteiger partial charge in [-0.1, -0.05) is 35.0 Å². The van der Waals surface area contributed by atoms with E-state index < -0.39 is 0 Å². The molecule has 0 aliphatic carbocycles. The third-order valence-corrected chi connectivity index (χ3v) is 4.17. The van der Waals surface area contributed by atoms with Crippen molar-refractivity contribution in [1.29, 1.82) is 0 Å². The Morgan fingerprint density at radius 1 is 1.47 bits per heavy atom. The SMILES string of the molecule is CC(CC(=O)NCC1CCCN1)c1ccc(Br)cc1. The summed E-state index contributed by atoms with van der Waals surface area (Å²) in [5, 5.41) is 6.41. The second-order valence-electron chi connectivity index (χ2n) is 5.25. The number of nitrogens with one attached hydrogen (secondary N) is 2. The van der Waals surface area contributed by atoms with E-state index in [2.05, 4.69) is 45.6 Å². The summed E-state index contributed by atoms with van der Waals surface area (Å²) < 4.78 is 1.07. The van der Waals surface area contributed by atoms with E-state index in [9.17, 15) is 4.79 Å². The molecule has 0 radical (unpaired) electrons. The first-order valence-corrected chi connectivity index (χ1v) is 7.70. The maximum atomic E-state index is 11.9. The van der Waals surface area contributed by atoms with Crippen molar-refractivity contribution in [3.05, 3.63) is 34.3 Å². The normalized spacial score (nSPS) is 20.2. The Hall–Kier alpha value is -0.870. The van der Waals surface area contributed by atoms with E-state index in [1.165, 1.54) is 18.4 Å². The predicted octanol–water partition coefficient (Wildman–Crippen LogP) is 2.81. The first-order chi connectivity index (χ1) is 9.15. The Morgan fingerprint density at radius 2 is 2.21 bits per heavy atom. The molecular formula is C15H21BrN2O. The molecule has 2 unspecified atom stereocenters. The predicted molar refractivity (Wildman–Crippen MR) is 81.2 cm³/mol. The molecule has 19 heavy (non-hydrogen) atoms. The molecule has 0 spiro atoms. The maximum absolute atomic E-state index is 11.9. The molecule has 1 aliphatic rings. The van der Waals surface area contributed by atoms with Gasteiger partial charge in [-0.2, -0.15) is 0 Å². The number of amides is 1. The van der Waals surface area contributed by atoms with E-state index >= 15 is 0 Å². The number of benzene rings is 1. The van der Waals surface area contributed by atoms with Gasteiger partial charge >= 0.3 is 0 Å². The van der Waals surface area contributed by atoms with Crippen LogP contribution in [-0.4, -0.2) is 25.0 Å². The Balaban J connectivity index is 1.76. The van der Waals surface area contributed by atoms with E-state index in [-0.39, 0.29) is 11.8 Å². The molecule has 104 valence electrons. The summed E-state index contributed by atoms with van der Waals surface area (Å²) in [6, 6.07) is 8.64. The van der Waals surface area contributed by atoms with Crippen LogP contribution in [0.5, 0.6) is 0 Å². The van der Waals surface area contributed by atoms with Gasteiger partial charge in [0.2, 0.25) is 5.91 Å². The van der Waals surface area contributed by atoms with Crippen LogP contribution in [0.2, 0.25) is 0 Å². The molecule has 1 amide bonds. The summed E-state index contributed by atoms with van der Waals surface area (Å²) in [5.41, 5.74) is 1.21. The second-order valence-corrected chi connectivity index (χ2v) is 6.17. The molecule has 1 aromatic carbocycles. The molecule has 1 saturated heterocycles. The van der Waals surface area contributed by atoms with E-state index in [1.807, 2.05) is 12.1 Å². The lowest BCUT2D eigenvalue weighted by Gasteiger charge is -2.14. The number of carbonyl (C=O) groups excluding carboxylic acids is 1. The van der Waals surface area contributed by atoms with Crippen molar-refractivity contribution in [2.75, 3.05) is 13.1 Å². The minimum absolute atomic E-state index is 0.143. The maximum Gasteiger partial charge on any atom is 0.220 e. The zero-order valence-electron chi connectivity index (χ0n) is 11.3. The van der Waals surface area contributed by atoms with Crippen LogP contribution in [0, 0.1) is 0 Å². The second kappa shape index (κ2) is 7.06. The van der Waals surface area contributed by atoms with E-state index in [0.717, 1.165) is 17.6 Å². The average Bonchev–Trinajstić information content (AvgIpc) is 2.90. The Bertz CT molecular complexity index is 413. The highest BCUT2D eigenvalue weighted by Gasteiger charge is 2.16. The lowest BCUT2D eigenvalue weighted by atomic mass is 9.97. The largest absolute Gasteiger partial charge is 0.355 e. The van der Waals surface area contributed by atoms with Gasteiger partial charge in [0.25, 0.3) is 0 Å². The number of carbonyl (C=O) groups is 1. The summed E-state index contributed by atoms with van der Waals surface area (Å²) in [6.07, 6.45) is 2.94. The monoisotopic (exact) mass is 324 g/mol. The van der Waals surface area contributed by atoms with Crippen molar-refractivity contribution in [1.82, 2.24) is 10.6 Å². The molecule has 0 bridgehead atoms. The van der Waals surface area contributed by atoms with Gasteiger partial charge in [0.1, 0.15) is 0 Å². The van der Waals surface area contributed by atoms with Crippen LogP contribution in [0.4, 0.5) is 0 Å². The zero-order chi connectivity index (χ0) is 13.7. The van der Waals surface area contributed by atoms with Crippen molar-refractivity contribution < 1.29 is 4.79 Å². The van der Waals surface area contributed by atoms with Gasteiger partial charge in [-0.25, -0.2) is 0 Å². The van der Waals surface area contributed by atoms with Crippen molar-refractivity contribution in [2.45, 2.75) is 38.1 Å². The summed E-state index contributed by atoms with van der Waals surface area (Å²) in [5.74, 6) is 0.397. The van der Waals surface area contributed by atoms with Gasteiger partial charge in [-0.3, -0.25) is 4.79 Å². The third kappa shape index (κ3) is 4.62. The molecule has 3 nitrogen and oxygen atoms in total. The molecular weight excluding hydrogens is 304 g/mol.